The van der Waals surface area contributed by atoms with Crippen molar-refractivity contribution in [2.24, 2.45) is 5.92 Å². The van der Waals surface area contributed by atoms with Gasteiger partial charge in [-0.25, -0.2) is 0 Å². The van der Waals surface area contributed by atoms with E-state index >= 15 is 0 Å². The largest absolute Gasteiger partial charge is 0.360 e. The Morgan fingerprint density at radius 1 is 1.14 bits per heavy atom. The maximum atomic E-state index is 12.5. The van der Waals surface area contributed by atoms with Gasteiger partial charge in [-0.2, -0.15) is 0 Å². The fraction of sp³-hybridized carbons (Fsp3) is 0.400. The summed E-state index contributed by atoms with van der Waals surface area (Å²) in [5, 5.41) is 9.23. The maximum Gasteiger partial charge on any atom is 0.228 e. The second-order valence-corrected chi connectivity index (χ2v) is 7.02. The Morgan fingerprint density at radius 3 is 2.39 bits per heavy atom. The molecule has 3 rings (SSSR count). The summed E-state index contributed by atoms with van der Waals surface area (Å²) < 4.78 is 4.95. The first-order chi connectivity index (χ1) is 13.4. The lowest BCUT2D eigenvalue weighted by molar-refractivity contribution is -0.133. The number of anilines is 2. The van der Waals surface area contributed by atoms with Crippen LogP contribution in [0.15, 0.2) is 34.9 Å². The Balaban J connectivity index is 1.46. The number of nitrogens with zero attached hydrogens (tertiary/aromatic N) is 2. The fourth-order valence-electron chi connectivity index (χ4n) is 3.24. The third-order valence-electron chi connectivity index (χ3n) is 4.73. The van der Waals surface area contributed by atoms with Gasteiger partial charge in [-0.05, 0) is 37.5 Å². The SMILES string of the molecule is CC(=O)Nc1ccc(CC(=O)N2CCC(C(=O)Nc3cc(C)on3)CC2)cc1. The fourth-order valence-corrected chi connectivity index (χ4v) is 3.24. The number of carbonyl (C=O) groups is 3. The Morgan fingerprint density at radius 2 is 1.82 bits per heavy atom. The zero-order chi connectivity index (χ0) is 20.1. The number of nitrogens with one attached hydrogen (secondary N) is 2. The second-order valence-electron chi connectivity index (χ2n) is 7.02. The van der Waals surface area contributed by atoms with Crippen LogP contribution in [-0.2, 0) is 20.8 Å². The van der Waals surface area contributed by atoms with Crippen LogP contribution in [0.25, 0.3) is 0 Å². The van der Waals surface area contributed by atoms with E-state index in [1.54, 1.807) is 30.0 Å². The summed E-state index contributed by atoms with van der Waals surface area (Å²) in [5.74, 6) is 0.740. The first-order valence-electron chi connectivity index (χ1n) is 9.29. The smallest absolute Gasteiger partial charge is 0.228 e. The molecule has 0 spiro atoms. The van der Waals surface area contributed by atoms with Crippen LogP contribution in [0.1, 0.15) is 31.1 Å². The van der Waals surface area contributed by atoms with Gasteiger partial charge in [0.2, 0.25) is 17.7 Å². The van der Waals surface area contributed by atoms with Crippen LogP contribution in [0.5, 0.6) is 0 Å². The lowest BCUT2D eigenvalue weighted by Crippen LogP contribution is -2.42. The molecular formula is C20H24N4O4. The summed E-state index contributed by atoms with van der Waals surface area (Å²) in [6.07, 6.45) is 1.54. The molecule has 148 valence electrons. The molecule has 8 nitrogen and oxygen atoms in total. The van der Waals surface area contributed by atoms with Crippen LogP contribution in [0.4, 0.5) is 11.5 Å². The number of hydrogen-bond acceptors (Lipinski definition) is 5. The van der Waals surface area contributed by atoms with Crippen molar-refractivity contribution in [1.29, 1.82) is 0 Å². The van der Waals surface area contributed by atoms with Gasteiger partial charge in [-0.15, -0.1) is 0 Å². The molecule has 2 N–H and O–H groups in total. The van der Waals surface area contributed by atoms with Crippen molar-refractivity contribution in [3.05, 3.63) is 41.7 Å². The van der Waals surface area contributed by atoms with Gasteiger partial charge in [0.15, 0.2) is 5.82 Å². The van der Waals surface area contributed by atoms with Crippen molar-refractivity contribution >= 4 is 29.2 Å². The van der Waals surface area contributed by atoms with Crippen LogP contribution in [0, 0.1) is 12.8 Å². The number of benzene rings is 1. The standard InChI is InChI=1S/C20H24N4O4/c1-13-11-18(23-28-13)22-20(27)16-7-9-24(10-8-16)19(26)12-15-3-5-17(6-4-15)21-14(2)25/h3-6,11,16H,7-10,12H2,1-2H3,(H,21,25)(H,22,23,27). The van der Waals surface area contributed by atoms with Crippen molar-refractivity contribution in [2.75, 3.05) is 23.7 Å². The van der Waals surface area contributed by atoms with Gasteiger partial charge in [-0.1, -0.05) is 17.3 Å². The predicted molar refractivity (Wildman–Crippen MR) is 104 cm³/mol. The Kier molecular flexibility index (Phi) is 6.08. The van der Waals surface area contributed by atoms with Crippen LogP contribution in [0.2, 0.25) is 0 Å². The molecule has 0 unspecified atom stereocenters. The Labute approximate surface area is 163 Å². The third-order valence-corrected chi connectivity index (χ3v) is 4.73. The van der Waals surface area contributed by atoms with E-state index in [0.29, 0.717) is 49.6 Å². The molecule has 2 aromatic rings. The zero-order valence-electron chi connectivity index (χ0n) is 16.0. The number of aryl methyl sites for hydroxylation is 1. The van der Waals surface area contributed by atoms with Gasteiger partial charge in [0, 0.05) is 37.7 Å². The zero-order valence-corrected chi connectivity index (χ0v) is 16.0. The normalized spacial score (nSPS) is 14.6. The van der Waals surface area contributed by atoms with Crippen molar-refractivity contribution in [3.8, 4) is 0 Å². The summed E-state index contributed by atoms with van der Waals surface area (Å²) in [6.45, 7) is 4.33. The molecule has 1 aromatic carbocycles. The minimum atomic E-state index is -0.141. The number of piperidine rings is 1. The summed E-state index contributed by atoms with van der Waals surface area (Å²) in [7, 11) is 0. The van der Waals surface area contributed by atoms with Crippen LogP contribution in [0.3, 0.4) is 0 Å². The Hall–Kier alpha value is -3.16. The van der Waals surface area contributed by atoms with Crippen molar-refractivity contribution in [1.82, 2.24) is 10.1 Å². The van der Waals surface area contributed by atoms with Gasteiger partial charge >= 0.3 is 0 Å². The summed E-state index contributed by atoms with van der Waals surface area (Å²) in [5.41, 5.74) is 1.60. The first kappa shape index (κ1) is 19.6. The molecule has 1 aliphatic rings. The highest BCUT2D eigenvalue weighted by molar-refractivity contribution is 5.92. The highest BCUT2D eigenvalue weighted by Crippen LogP contribution is 2.20. The summed E-state index contributed by atoms with van der Waals surface area (Å²) in [6, 6.07) is 8.92. The van der Waals surface area contributed by atoms with E-state index in [2.05, 4.69) is 15.8 Å². The van der Waals surface area contributed by atoms with Gasteiger partial charge in [0.1, 0.15) is 5.76 Å². The van der Waals surface area contributed by atoms with Gasteiger partial charge in [0.25, 0.3) is 0 Å². The van der Waals surface area contributed by atoms with E-state index in [-0.39, 0.29) is 23.6 Å². The number of hydrogen-bond donors (Lipinski definition) is 2. The lowest BCUT2D eigenvalue weighted by atomic mass is 9.95. The highest BCUT2D eigenvalue weighted by atomic mass is 16.5. The van der Waals surface area contributed by atoms with Gasteiger partial charge in [0.05, 0.1) is 6.42 Å². The Bertz CT molecular complexity index is 851. The lowest BCUT2D eigenvalue weighted by Gasteiger charge is -2.31. The topological polar surface area (TPSA) is 105 Å². The molecule has 1 aliphatic heterocycles. The summed E-state index contributed by atoms with van der Waals surface area (Å²) in [4.78, 5) is 37.7. The molecule has 0 bridgehead atoms. The number of amides is 3. The van der Waals surface area contributed by atoms with E-state index in [1.165, 1.54) is 6.92 Å². The molecule has 0 saturated carbocycles. The van der Waals surface area contributed by atoms with E-state index < -0.39 is 0 Å². The van der Waals surface area contributed by atoms with E-state index in [1.807, 2.05) is 12.1 Å². The average Bonchev–Trinajstić information content (AvgIpc) is 3.07. The monoisotopic (exact) mass is 384 g/mol. The van der Waals surface area contributed by atoms with Crippen LogP contribution >= 0.6 is 0 Å². The molecule has 1 aromatic heterocycles. The first-order valence-corrected chi connectivity index (χ1v) is 9.29. The molecule has 8 heteroatoms. The second kappa shape index (κ2) is 8.69. The predicted octanol–water partition coefficient (Wildman–Crippen LogP) is 2.36. The number of likely N-dealkylation sites (tertiary alicyclic amines) is 1. The molecule has 1 saturated heterocycles. The third kappa shape index (κ3) is 5.18. The molecule has 3 amide bonds. The molecule has 28 heavy (non-hydrogen) atoms. The number of aromatic nitrogens is 1. The molecule has 0 aliphatic carbocycles. The van der Waals surface area contributed by atoms with E-state index in [9.17, 15) is 14.4 Å². The highest BCUT2D eigenvalue weighted by Gasteiger charge is 2.27. The number of rotatable bonds is 5. The van der Waals surface area contributed by atoms with E-state index in [0.717, 1.165) is 5.56 Å². The minimum Gasteiger partial charge on any atom is -0.360 e. The molecular weight excluding hydrogens is 360 g/mol. The van der Waals surface area contributed by atoms with E-state index in [4.69, 9.17) is 4.52 Å². The van der Waals surface area contributed by atoms with Gasteiger partial charge < -0.3 is 20.1 Å². The average molecular weight is 384 g/mol. The summed E-state index contributed by atoms with van der Waals surface area (Å²) >= 11 is 0. The van der Waals surface area contributed by atoms with Crippen LogP contribution in [-0.4, -0.2) is 40.9 Å². The maximum absolute atomic E-state index is 12.5. The van der Waals surface area contributed by atoms with Crippen molar-refractivity contribution < 1.29 is 18.9 Å². The molecule has 1 fully saturated rings. The quantitative estimate of drug-likeness (QED) is 0.823. The molecule has 0 atom stereocenters. The van der Waals surface area contributed by atoms with Gasteiger partial charge in [-0.3, -0.25) is 14.4 Å². The molecule has 2 heterocycles. The number of carbonyl (C=O) groups excluding carboxylic acids is 3. The van der Waals surface area contributed by atoms with Crippen LogP contribution < -0.4 is 10.6 Å². The van der Waals surface area contributed by atoms with Crippen molar-refractivity contribution in [3.63, 3.8) is 0 Å². The minimum absolute atomic E-state index is 0.0401. The van der Waals surface area contributed by atoms with Crippen molar-refractivity contribution in [2.45, 2.75) is 33.1 Å². The molecule has 0 radical (unpaired) electrons.